The zero-order valence-corrected chi connectivity index (χ0v) is 8.54. The molecule has 1 rings (SSSR count). The number of benzene rings is 1. The van der Waals surface area contributed by atoms with Crippen LogP contribution in [0.15, 0.2) is 12.1 Å². The number of rotatable bonds is 0. The van der Waals surface area contributed by atoms with Crippen LogP contribution in [-0.4, -0.2) is 6.29 Å². The van der Waals surface area contributed by atoms with E-state index in [0.29, 0.717) is 26.9 Å². The lowest BCUT2D eigenvalue weighted by Gasteiger charge is -1.98. The van der Waals surface area contributed by atoms with Crippen molar-refractivity contribution in [2.75, 3.05) is 0 Å². The highest BCUT2D eigenvalue weighted by molar-refractivity contribution is 6.43. The summed E-state index contributed by atoms with van der Waals surface area (Å²) >= 11 is 17.2. The fourth-order valence-corrected chi connectivity index (χ4v) is 1.32. The van der Waals surface area contributed by atoms with Crippen LogP contribution in [0.2, 0.25) is 15.1 Å². The van der Waals surface area contributed by atoms with Crippen LogP contribution in [0.1, 0.15) is 5.56 Å². The third-order valence-corrected chi connectivity index (χ3v) is 2.31. The van der Waals surface area contributed by atoms with Gasteiger partial charge in [0, 0.05) is 5.56 Å². The molecule has 0 unspecified atom stereocenters. The molecule has 0 bridgehead atoms. The van der Waals surface area contributed by atoms with Crippen LogP contribution >= 0.6 is 34.8 Å². The molecule has 0 aromatic heterocycles. The second kappa shape index (κ2) is 4.53. The number of halogens is 3. The van der Waals surface area contributed by atoms with E-state index >= 15 is 0 Å². The summed E-state index contributed by atoms with van der Waals surface area (Å²) < 4.78 is 0. The summed E-state index contributed by atoms with van der Waals surface area (Å²) in [6.07, 6.45) is 0.485. The molecule has 0 spiro atoms. The maximum Gasteiger partial charge on any atom is 0.193 e. The third kappa shape index (κ3) is 2.63. The van der Waals surface area contributed by atoms with Crippen molar-refractivity contribution >= 4 is 41.1 Å². The second-order valence-electron chi connectivity index (χ2n) is 2.13. The quantitative estimate of drug-likeness (QED) is 0.382. The fourth-order valence-electron chi connectivity index (χ4n) is 0.726. The molecule has 0 aliphatic carbocycles. The first-order valence-electron chi connectivity index (χ1n) is 3.25. The Morgan fingerprint density at radius 2 is 1.69 bits per heavy atom. The van der Waals surface area contributed by atoms with E-state index in [1.165, 1.54) is 12.1 Å². The molecule has 0 amide bonds. The Balaban J connectivity index is 3.23. The summed E-state index contributed by atoms with van der Waals surface area (Å²) in [4.78, 5) is 9.97. The van der Waals surface area contributed by atoms with Gasteiger partial charge in [0.05, 0.1) is 15.1 Å². The normalized spacial score (nSPS) is 8.85. The zero-order valence-electron chi connectivity index (χ0n) is 6.27. The Labute approximate surface area is 90.6 Å². The SMILES string of the molecule is O=CC#Cc1cc(Cl)c(Cl)cc1Cl. The molecule has 0 heterocycles. The molecule has 4 heteroatoms. The first-order valence-corrected chi connectivity index (χ1v) is 4.38. The van der Waals surface area contributed by atoms with Gasteiger partial charge in [-0.3, -0.25) is 4.79 Å². The summed E-state index contributed by atoms with van der Waals surface area (Å²) in [6, 6.07) is 3.00. The highest BCUT2D eigenvalue weighted by atomic mass is 35.5. The Morgan fingerprint density at radius 1 is 1.08 bits per heavy atom. The molecule has 0 saturated carbocycles. The molecule has 66 valence electrons. The highest BCUT2D eigenvalue weighted by Crippen LogP contribution is 2.28. The van der Waals surface area contributed by atoms with Gasteiger partial charge in [-0.1, -0.05) is 40.7 Å². The van der Waals surface area contributed by atoms with Crippen molar-refractivity contribution in [2.24, 2.45) is 0 Å². The van der Waals surface area contributed by atoms with Gasteiger partial charge in [0.15, 0.2) is 6.29 Å². The lowest BCUT2D eigenvalue weighted by atomic mass is 10.2. The lowest BCUT2D eigenvalue weighted by molar-refractivity contribution is -0.103. The number of carbonyl (C=O) groups excluding carboxylic acids is 1. The van der Waals surface area contributed by atoms with Crippen LogP contribution in [-0.2, 0) is 4.79 Å². The Hall–Kier alpha value is -0.680. The van der Waals surface area contributed by atoms with Gasteiger partial charge in [0.2, 0.25) is 0 Å². The van der Waals surface area contributed by atoms with Gasteiger partial charge in [0.25, 0.3) is 0 Å². The molecule has 0 fully saturated rings. The first kappa shape index (κ1) is 10.4. The van der Waals surface area contributed by atoms with Crippen molar-refractivity contribution in [1.29, 1.82) is 0 Å². The first-order chi connectivity index (χ1) is 6.15. The van der Waals surface area contributed by atoms with Crippen LogP contribution < -0.4 is 0 Å². The van der Waals surface area contributed by atoms with Gasteiger partial charge < -0.3 is 0 Å². The second-order valence-corrected chi connectivity index (χ2v) is 3.35. The van der Waals surface area contributed by atoms with Gasteiger partial charge in [0.1, 0.15) is 0 Å². The molecular formula is C9H3Cl3O. The van der Waals surface area contributed by atoms with Crippen LogP contribution in [0, 0.1) is 11.8 Å². The van der Waals surface area contributed by atoms with Crippen LogP contribution in [0.25, 0.3) is 0 Å². The Kier molecular flexibility index (Phi) is 3.62. The topological polar surface area (TPSA) is 17.1 Å². The van der Waals surface area contributed by atoms with Crippen molar-refractivity contribution < 1.29 is 4.79 Å². The number of hydrogen-bond donors (Lipinski definition) is 0. The Morgan fingerprint density at radius 3 is 2.31 bits per heavy atom. The van der Waals surface area contributed by atoms with Gasteiger partial charge in [-0.05, 0) is 18.1 Å². The van der Waals surface area contributed by atoms with E-state index in [9.17, 15) is 4.79 Å². The number of carbonyl (C=O) groups is 1. The van der Waals surface area contributed by atoms with E-state index in [1.54, 1.807) is 0 Å². The van der Waals surface area contributed by atoms with E-state index in [0.717, 1.165) is 0 Å². The predicted molar refractivity (Wildman–Crippen MR) is 54.4 cm³/mol. The third-order valence-electron chi connectivity index (χ3n) is 1.28. The summed E-state index contributed by atoms with van der Waals surface area (Å²) in [5, 5.41) is 1.10. The molecular weight excluding hydrogens is 230 g/mol. The van der Waals surface area contributed by atoms with E-state index in [1.807, 2.05) is 0 Å². The minimum absolute atomic E-state index is 0.362. The van der Waals surface area contributed by atoms with Crippen molar-refractivity contribution in [3.8, 4) is 11.8 Å². The molecule has 0 aliphatic rings. The van der Waals surface area contributed by atoms with E-state index < -0.39 is 0 Å². The van der Waals surface area contributed by atoms with Crippen molar-refractivity contribution in [3.63, 3.8) is 0 Å². The van der Waals surface area contributed by atoms with E-state index in [4.69, 9.17) is 34.8 Å². The monoisotopic (exact) mass is 232 g/mol. The number of aldehydes is 1. The fraction of sp³-hybridized carbons (Fsp3) is 0. The summed E-state index contributed by atoms with van der Waals surface area (Å²) in [7, 11) is 0. The average Bonchev–Trinajstić information content (AvgIpc) is 2.09. The molecule has 1 nitrogen and oxygen atoms in total. The minimum atomic E-state index is 0.362. The molecule has 0 saturated heterocycles. The summed E-state index contributed by atoms with van der Waals surface area (Å²) in [5.74, 6) is 4.77. The van der Waals surface area contributed by atoms with Gasteiger partial charge >= 0.3 is 0 Å². The summed E-state index contributed by atoms with van der Waals surface area (Å²) in [6.45, 7) is 0. The van der Waals surface area contributed by atoms with Crippen LogP contribution in [0.3, 0.4) is 0 Å². The molecule has 0 aliphatic heterocycles. The molecule has 0 radical (unpaired) electrons. The maximum absolute atomic E-state index is 9.97. The Bertz CT molecular complexity index is 401. The average molecular weight is 233 g/mol. The van der Waals surface area contributed by atoms with Gasteiger partial charge in [-0.25, -0.2) is 0 Å². The molecule has 0 atom stereocenters. The largest absolute Gasteiger partial charge is 0.289 e. The van der Waals surface area contributed by atoms with Crippen LogP contribution in [0.5, 0.6) is 0 Å². The molecule has 0 N–H and O–H groups in total. The zero-order chi connectivity index (χ0) is 9.84. The summed E-state index contributed by atoms with van der Waals surface area (Å²) in [5.41, 5.74) is 0.489. The predicted octanol–water partition coefficient (Wildman–Crippen LogP) is 3.20. The smallest absolute Gasteiger partial charge is 0.193 e. The van der Waals surface area contributed by atoms with Gasteiger partial charge in [-0.2, -0.15) is 0 Å². The molecule has 1 aromatic carbocycles. The molecule has 13 heavy (non-hydrogen) atoms. The lowest BCUT2D eigenvalue weighted by Crippen LogP contribution is -1.79. The number of hydrogen-bond acceptors (Lipinski definition) is 1. The van der Waals surface area contributed by atoms with Crippen molar-refractivity contribution in [3.05, 3.63) is 32.8 Å². The van der Waals surface area contributed by atoms with Gasteiger partial charge in [-0.15, -0.1) is 0 Å². The van der Waals surface area contributed by atoms with E-state index in [2.05, 4.69) is 11.8 Å². The highest BCUT2D eigenvalue weighted by Gasteiger charge is 2.03. The van der Waals surface area contributed by atoms with Crippen molar-refractivity contribution in [1.82, 2.24) is 0 Å². The van der Waals surface area contributed by atoms with Crippen LogP contribution in [0.4, 0.5) is 0 Å². The minimum Gasteiger partial charge on any atom is -0.289 e. The maximum atomic E-state index is 9.97. The standard InChI is InChI=1S/C9H3Cl3O/c10-7-5-9(12)8(11)4-6(7)2-1-3-13/h3-5H. The van der Waals surface area contributed by atoms with E-state index in [-0.39, 0.29) is 0 Å². The van der Waals surface area contributed by atoms with Crippen molar-refractivity contribution in [2.45, 2.75) is 0 Å². The molecule has 1 aromatic rings.